The highest BCUT2D eigenvalue weighted by molar-refractivity contribution is 7.98. The van der Waals surface area contributed by atoms with Crippen LogP contribution in [0, 0.1) is 6.92 Å². The zero-order chi connectivity index (χ0) is 11.8. The number of anilines is 2. The molecule has 2 N–H and O–H groups in total. The molecular formula is C11H20N4S. The highest BCUT2D eigenvalue weighted by Gasteiger charge is 1.99. The van der Waals surface area contributed by atoms with Crippen molar-refractivity contribution >= 4 is 23.5 Å². The highest BCUT2D eigenvalue weighted by atomic mass is 32.2. The number of unbranched alkanes of at least 4 members (excludes halogenated alkanes) is 1. The summed E-state index contributed by atoms with van der Waals surface area (Å²) in [4.78, 5) is 8.58. The maximum atomic E-state index is 4.33. The summed E-state index contributed by atoms with van der Waals surface area (Å²) in [5.74, 6) is 2.80. The Bertz CT molecular complexity index is 317. The third-order valence-corrected chi connectivity index (χ3v) is 2.86. The summed E-state index contributed by atoms with van der Waals surface area (Å²) in [5, 5.41) is 6.27. The van der Waals surface area contributed by atoms with Crippen LogP contribution in [0.3, 0.4) is 0 Å². The maximum absolute atomic E-state index is 4.33. The lowest BCUT2D eigenvalue weighted by molar-refractivity contribution is 0.838. The molecule has 5 heteroatoms. The summed E-state index contributed by atoms with van der Waals surface area (Å²) in [6.45, 7) is 2.95. The summed E-state index contributed by atoms with van der Waals surface area (Å²) in [7, 11) is 1.83. The number of rotatable bonds is 7. The smallest absolute Gasteiger partial charge is 0.224 e. The predicted octanol–water partition coefficient (Wildman–Crippen LogP) is 2.38. The van der Waals surface area contributed by atoms with Crippen LogP contribution in [0.1, 0.15) is 18.5 Å². The van der Waals surface area contributed by atoms with Crippen LogP contribution in [0.4, 0.5) is 11.8 Å². The number of nitrogens with zero attached hydrogens (tertiary/aromatic N) is 2. The van der Waals surface area contributed by atoms with Gasteiger partial charge in [-0.1, -0.05) is 0 Å². The van der Waals surface area contributed by atoms with Crippen molar-refractivity contribution in [3.63, 3.8) is 0 Å². The molecule has 1 heterocycles. The molecule has 0 bridgehead atoms. The van der Waals surface area contributed by atoms with E-state index < -0.39 is 0 Å². The van der Waals surface area contributed by atoms with Gasteiger partial charge in [-0.25, -0.2) is 4.98 Å². The van der Waals surface area contributed by atoms with Crippen molar-refractivity contribution in [2.75, 3.05) is 36.2 Å². The van der Waals surface area contributed by atoms with E-state index in [-0.39, 0.29) is 0 Å². The van der Waals surface area contributed by atoms with E-state index in [0.29, 0.717) is 5.95 Å². The first kappa shape index (κ1) is 13.1. The average Bonchev–Trinajstić information content (AvgIpc) is 2.28. The molecule has 0 aromatic carbocycles. The van der Waals surface area contributed by atoms with Gasteiger partial charge in [-0.15, -0.1) is 0 Å². The first-order valence-corrected chi connectivity index (χ1v) is 6.92. The zero-order valence-electron chi connectivity index (χ0n) is 10.2. The molecule has 1 rings (SSSR count). The minimum Gasteiger partial charge on any atom is -0.370 e. The van der Waals surface area contributed by atoms with E-state index in [2.05, 4.69) is 26.9 Å². The molecular weight excluding hydrogens is 220 g/mol. The lowest BCUT2D eigenvalue weighted by Gasteiger charge is -2.07. The molecule has 0 aliphatic carbocycles. The van der Waals surface area contributed by atoms with Crippen molar-refractivity contribution in [1.82, 2.24) is 9.97 Å². The summed E-state index contributed by atoms with van der Waals surface area (Å²) >= 11 is 1.89. The van der Waals surface area contributed by atoms with Gasteiger partial charge in [0.1, 0.15) is 5.82 Å². The third-order valence-electron chi connectivity index (χ3n) is 2.16. The second kappa shape index (κ2) is 7.33. The van der Waals surface area contributed by atoms with Crippen LogP contribution >= 0.6 is 11.8 Å². The van der Waals surface area contributed by atoms with Crippen molar-refractivity contribution in [1.29, 1.82) is 0 Å². The van der Waals surface area contributed by atoms with Crippen LogP contribution in [-0.2, 0) is 0 Å². The fourth-order valence-electron chi connectivity index (χ4n) is 1.36. The number of hydrogen-bond acceptors (Lipinski definition) is 5. The quantitative estimate of drug-likeness (QED) is 0.717. The molecule has 1 aromatic rings. The molecule has 0 aliphatic rings. The Morgan fingerprint density at radius 3 is 2.81 bits per heavy atom. The van der Waals surface area contributed by atoms with Gasteiger partial charge in [-0.05, 0) is 31.8 Å². The Hall–Kier alpha value is -0.970. The lowest BCUT2D eigenvalue weighted by atomic mass is 10.3. The summed E-state index contributed by atoms with van der Waals surface area (Å²) < 4.78 is 0. The molecule has 4 nitrogen and oxygen atoms in total. The van der Waals surface area contributed by atoms with Crippen LogP contribution in [0.5, 0.6) is 0 Å². The molecule has 0 aliphatic heterocycles. The van der Waals surface area contributed by atoms with Gasteiger partial charge in [0.2, 0.25) is 5.95 Å². The second-order valence-corrected chi connectivity index (χ2v) is 4.58. The fourth-order valence-corrected chi connectivity index (χ4v) is 1.85. The Morgan fingerprint density at radius 1 is 1.31 bits per heavy atom. The van der Waals surface area contributed by atoms with E-state index in [1.807, 2.05) is 31.8 Å². The van der Waals surface area contributed by atoms with Gasteiger partial charge in [0.15, 0.2) is 0 Å². The predicted molar refractivity (Wildman–Crippen MR) is 72.4 cm³/mol. The van der Waals surface area contributed by atoms with Gasteiger partial charge in [-0.3, -0.25) is 0 Å². The van der Waals surface area contributed by atoms with Gasteiger partial charge in [-0.2, -0.15) is 16.7 Å². The molecule has 0 fully saturated rings. The molecule has 0 saturated carbocycles. The van der Waals surface area contributed by atoms with Crippen LogP contribution < -0.4 is 10.6 Å². The van der Waals surface area contributed by atoms with Crippen molar-refractivity contribution in [3.05, 3.63) is 11.8 Å². The van der Waals surface area contributed by atoms with E-state index in [0.717, 1.165) is 18.1 Å². The van der Waals surface area contributed by atoms with Gasteiger partial charge in [0, 0.05) is 25.4 Å². The SMILES string of the molecule is CNc1nc(C)cc(NCCCCSC)n1. The van der Waals surface area contributed by atoms with E-state index in [1.165, 1.54) is 18.6 Å². The summed E-state index contributed by atoms with van der Waals surface area (Å²) in [5.41, 5.74) is 0.978. The second-order valence-electron chi connectivity index (χ2n) is 3.59. The van der Waals surface area contributed by atoms with E-state index in [4.69, 9.17) is 0 Å². The largest absolute Gasteiger partial charge is 0.370 e. The Balaban J connectivity index is 2.38. The Labute approximate surface area is 102 Å². The van der Waals surface area contributed by atoms with Crippen LogP contribution in [-0.4, -0.2) is 35.6 Å². The summed E-state index contributed by atoms with van der Waals surface area (Å²) in [6, 6.07) is 1.97. The van der Waals surface area contributed by atoms with Crippen molar-refractivity contribution in [2.45, 2.75) is 19.8 Å². The molecule has 16 heavy (non-hydrogen) atoms. The maximum Gasteiger partial charge on any atom is 0.224 e. The Kier molecular flexibility index (Phi) is 6.00. The minimum atomic E-state index is 0.673. The van der Waals surface area contributed by atoms with Gasteiger partial charge in [0.05, 0.1) is 0 Å². The topological polar surface area (TPSA) is 49.8 Å². The van der Waals surface area contributed by atoms with Gasteiger partial charge < -0.3 is 10.6 Å². The van der Waals surface area contributed by atoms with Crippen molar-refractivity contribution < 1.29 is 0 Å². The lowest BCUT2D eigenvalue weighted by Crippen LogP contribution is -2.07. The fraction of sp³-hybridized carbons (Fsp3) is 0.636. The number of thioether (sulfide) groups is 1. The van der Waals surface area contributed by atoms with Crippen LogP contribution in [0.25, 0.3) is 0 Å². The average molecular weight is 240 g/mol. The first-order chi connectivity index (χ1) is 7.76. The van der Waals surface area contributed by atoms with E-state index >= 15 is 0 Å². The first-order valence-electron chi connectivity index (χ1n) is 5.52. The molecule has 1 aromatic heterocycles. The number of aromatic nitrogens is 2. The highest BCUT2D eigenvalue weighted by Crippen LogP contribution is 2.09. The molecule has 0 amide bonds. The van der Waals surface area contributed by atoms with Crippen molar-refractivity contribution in [3.8, 4) is 0 Å². The normalized spacial score (nSPS) is 10.2. The molecule has 0 unspecified atom stereocenters. The molecule has 0 spiro atoms. The molecule has 0 atom stereocenters. The molecule has 90 valence electrons. The van der Waals surface area contributed by atoms with Crippen LogP contribution in [0.15, 0.2) is 6.07 Å². The monoisotopic (exact) mass is 240 g/mol. The Morgan fingerprint density at radius 2 is 2.12 bits per heavy atom. The van der Waals surface area contributed by atoms with Crippen molar-refractivity contribution in [2.24, 2.45) is 0 Å². The van der Waals surface area contributed by atoms with E-state index in [9.17, 15) is 0 Å². The van der Waals surface area contributed by atoms with Gasteiger partial charge in [0.25, 0.3) is 0 Å². The number of aryl methyl sites for hydroxylation is 1. The number of nitrogens with one attached hydrogen (secondary N) is 2. The summed E-state index contributed by atoms with van der Waals surface area (Å²) in [6.07, 6.45) is 4.57. The van der Waals surface area contributed by atoms with E-state index in [1.54, 1.807) is 0 Å². The third kappa shape index (κ3) is 4.70. The standard InChI is InChI=1S/C11H20N4S/c1-9-8-10(15-11(12-2)14-9)13-6-4-5-7-16-3/h8H,4-7H2,1-3H3,(H2,12,13,14,15). The van der Waals surface area contributed by atoms with Crippen LogP contribution in [0.2, 0.25) is 0 Å². The molecule has 0 radical (unpaired) electrons. The minimum absolute atomic E-state index is 0.673. The number of hydrogen-bond donors (Lipinski definition) is 2. The zero-order valence-corrected chi connectivity index (χ0v) is 11.0. The molecule has 0 saturated heterocycles. The van der Waals surface area contributed by atoms with Gasteiger partial charge >= 0.3 is 0 Å².